The maximum Gasteiger partial charge on any atom is 0.255 e. The van der Waals surface area contributed by atoms with Crippen molar-refractivity contribution in [1.82, 2.24) is 4.90 Å². The number of nitrogens with two attached hydrogens (primary N) is 1. The van der Waals surface area contributed by atoms with E-state index < -0.39 is 0 Å². The van der Waals surface area contributed by atoms with Crippen molar-refractivity contribution in [3.8, 4) is 0 Å². The summed E-state index contributed by atoms with van der Waals surface area (Å²) >= 11 is 9.29. The molecule has 2 rings (SSSR count). The number of halogens is 2. The molecule has 0 spiro atoms. The molecule has 1 fully saturated rings. The van der Waals surface area contributed by atoms with Crippen LogP contribution in [0.5, 0.6) is 0 Å². The van der Waals surface area contributed by atoms with Crippen molar-refractivity contribution in [3.05, 3.63) is 33.3 Å². The molecule has 92 valence electrons. The van der Waals surface area contributed by atoms with Gasteiger partial charge >= 0.3 is 0 Å². The van der Waals surface area contributed by atoms with E-state index in [4.69, 9.17) is 17.3 Å². The second-order valence-electron chi connectivity index (χ2n) is 4.28. The Morgan fingerprint density at radius 2 is 2.29 bits per heavy atom. The van der Waals surface area contributed by atoms with Crippen LogP contribution >= 0.6 is 27.5 Å². The predicted molar refractivity (Wildman–Crippen MR) is 72.3 cm³/mol. The molecule has 1 aromatic rings. The first-order valence-corrected chi connectivity index (χ1v) is 6.75. The molecule has 0 aromatic heterocycles. The van der Waals surface area contributed by atoms with Gasteiger partial charge in [-0.3, -0.25) is 4.79 Å². The van der Waals surface area contributed by atoms with Gasteiger partial charge in [0.1, 0.15) is 0 Å². The van der Waals surface area contributed by atoms with Crippen LogP contribution in [0.3, 0.4) is 0 Å². The summed E-state index contributed by atoms with van der Waals surface area (Å²) in [6.45, 7) is 1.39. The van der Waals surface area contributed by atoms with Gasteiger partial charge in [0.15, 0.2) is 0 Å². The largest absolute Gasteiger partial charge is 0.337 e. The molecule has 1 aliphatic rings. The van der Waals surface area contributed by atoms with Crippen LogP contribution in [0.4, 0.5) is 0 Å². The molecule has 0 unspecified atom stereocenters. The Labute approximate surface area is 114 Å². The number of piperidine rings is 1. The van der Waals surface area contributed by atoms with Crippen molar-refractivity contribution in [2.45, 2.75) is 18.9 Å². The molecule has 1 heterocycles. The summed E-state index contributed by atoms with van der Waals surface area (Å²) in [6.07, 6.45) is 1.95. The molecule has 1 atom stereocenters. The molecule has 17 heavy (non-hydrogen) atoms. The van der Waals surface area contributed by atoms with Gasteiger partial charge in [0.05, 0.1) is 5.56 Å². The standard InChI is InChI=1S/C12H14BrClN2O/c13-11-4-3-8(14)6-10(11)12(17)16-5-1-2-9(15)7-16/h3-4,6,9H,1-2,5,7,15H2/t9-/m1/s1. The molecule has 2 N–H and O–H groups in total. The van der Waals surface area contributed by atoms with E-state index in [1.54, 1.807) is 23.1 Å². The van der Waals surface area contributed by atoms with Crippen LogP contribution in [0, 0.1) is 0 Å². The number of hydrogen-bond donors (Lipinski definition) is 1. The highest BCUT2D eigenvalue weighted by molar-refractivity contribution is 9.10. The Bertz CT molecular complexity index is 439. The van der Waals surface area contributed by atoms with E-state index in [1.807, 2.05) is 0 Å². The molecule has 5 heteroatoms. The van der Waals surface area contributed by atoms with Crippen molar-refractivity contribution in [2.24, 2.45) is 5.73 Å². The van der Waals surface area contributed by atoms with Crippen molar-refractivity contribution in [3.63, 3.8) is 0 Å². The summed E-state index contributed by atoms with van der Waals surface area (Å²) in [7, 11) is 0. The first-order valence-electron chi connectivity index (χ1n) is 5.58. The van der Waals surface area contributed by atoms with Crippen LogP contribution in [0.2, 0.25) is 5.02 Å². The summed E-state index contributed by atoms with van der Waals surface area (Å²) in [5.41, 5.74) is 6.48. The molecular weight excluding hydrogens is 304 g/mol. The number of amides is 1. The Balaban J connectivity index is 2.21. The van der Waals surface area contributed by atoms with E-state index in [0.29, 0.717) is 17.1 Å². The summed E-state index contributed by atoms with van der Waals surface area (Å²) in [5, 5.41) is 0.567. The maximum absolute atomic E-state index is 12.3. The molecule has 3 nitrogen and oxygen atoms in total. The quantitative estimate of drug-likeness (QED) is 0.865. The average Bonchev–Trinajstić information content (AvgIpc) is 2.31. The Morgan fingerprint density at radius 1 is 1.53 bits per heavy atom. The van der Waals surface area contributed by atoms with Crippen molar-refractivity contribution >= 4 is 33.4 Å². The number of carbonyl (C=O) groups is 1. The van der Waals surface area contributed by atoms with Gasteiger partial charge in [-0.2, -0.15) is 0 Å². The van der Waals surface area contributed by atoms with Crippen molar-refractivity contribution in [2.75, 3.05) is 13.1 Å². The Kier molecular flexibility index (Phi) is 4.07. The molecule has 0 saturated carbocycles. The average molecular weight is 318 g/mol. The number of likely N-dealkylation sites (tertiary alicyclic amines) is 1. The molecular formula is C12H14BrClN2O. The molecule has 0 bridgehead atoms. The van der Waals surface area contributed by atoms with Crippen molar-refractivity contribution < 1.29 is 4.79 Å². The van der Waals surface area contributed by atoms with Gasteiger partial charge in [-0.1, -0.05) is 11.6 Å². The van der Waals surface area contributed by atoms with E-state index in [9.17, 15) is 4.79 Å². The van der Waals surface area contributed by atoms with E-state index in [-0.39, 0.29) is 11.9 Å². The van der Waals surface area contributed by atoms with Gasteiger partial charge in [-0.25, -0.2) is 0 Å². The second-order valence-corrected chi connectivity index (χ2v) is 5.57. The third-order valence-corrected chi connectivity index (χ3v) is 3.83. The van der Waals surface area contributed by atoms with E-state index in [0.717, 1.165) is 23.9 Å². The summed E-state index contributed by atoms with van der Waals surface area (Å²) in [6, 6.07) is 5.32. The van der Waals surface area contributed by atoms with Crippen LogP contribution in [-0.2, 0) is 0 Å². The number of rotatable bonds is 1. The van der Waals surface area contributed by atoms with Gasteiger partial charge in [0, 0.05) is 28.6 Å². The third kappa shape index (κ3) is 3.00. The van der Waals surface area contributed by atoms with Crippen LogP contribution in [0.15, 0.2) is 22.7 Å². The summed E-state index contributed by atoms with van der Waals surface area (Å²) < 4.78 is 0.769. The molecule has 1 aromatic carbocycles. The minimum absolute atomic E-state index is 0.00507. The lowest BCUT2D eigenvalue weighted by atomic mass is 10.1. The van der Waals surface area contributed by atoms with Gasteiger partial charge in [-0.15, -0.1) is 0 Å². The lowest BCUT2D eigenvalue weighted by molar-refractivity contribution is 0.0708. The zero-order valence-electron chi connectivity index (χ0n) is 9.33. The van der Waals surface area contributed by atoms with E-state index >= 15 is 0 Å². The van der Waals surface area contributed by atoms with Gasteiger partial charge < -0.3 is 10.6 Å². The zero-order chi connectivity index (χ0) is 12.4. The SMILES string of the molecule is N[C@@H]1CCCN(C(=O)c2cc(Cl)ccc2Br)C1. The minimum Gasteiger partial charge on any atom is -0.337 e. The lowest BCUT2D eigenvalue weighted by Crippen LogP contribution is -2.45. The third-order valence-electron chi connectivity index (χ3n) is 2.90. The van der Waals surface area contributed by atoms with Gasteiger partial charge in [0.2, 0.25) is 0 Å². The Hall–Kier alpha value is -0.580. The first kappa shape index (κ1) is 12.9. The number of carbonyl (C=O) groups excluding carboxylic acids is 1. The normalized spacial score (nSPS) is 20.4. The topological polar surface area (TPSA) is 46.3 Å². The van der Waals surface area contributed by atoms with Gasteiger partial charge in [0.25, 0.3) is 5.91 Å². The monoisotopic (exact) mass is 316 g/mol. The fourth-order valence-corrected chi connectivity index (χ4v) is 2.61. The number of benzene rings is 1. The van der Waals surface area contributed by atoms with Crippen LogP contribution < -0.4 is 5.73 Å². The van der Waals surface area contributed by atoms with E-state index in [2.05, 4.69) is 15.9 Å². The highest BCUT2D eigenvalue weighted by Gasteiger charge is 2.23. The van der Waals surface area contributed by atoms with Gasteiger partial charge in [-0.05, 0) is 47.0 Å². The zero-order valence-corrected chi connectivity index (χ0v) is 11.7. The Morgan fingerprint density at radius 3 is 3.00 bits per heavy atom. The maximum atomic E-state index is 12.3. The highest BCUT2D eigenvalue weighted by atomic mass is 79.9. The molecule has 0 aliphatic carbocycles. The summed E-state index contributed by atoms with van der Waals surface area (Å²) in [4.78, 5) is 14.1. The number of hydrogen-bond acceptors (Lipinski definition) is 2. The molecule has 0 radical (unpaired) electrons. The smallest absolute Gasteiger partial charge is 0.255 e. The molecule has 1 amide bonds. The molecule has 1 saturated heterocycles. The molecule has 1 aliphatic heterocycles. The van der Waals surface area contributed by atoms with Crippen LogP contribution in [0.25, 0.3) is 0 Å². The lowest BCUT2D eigenvalue weighted by Gasteiger charge is -2.31. The van der Waals surface area contributed by atoms with Crippen molar-refractivity contribution in [1.29, 1.82) is 0 Å². The first-order chi connectivity index (χ1) is 8.08. The minimum atomic E-state index is -0.00507. The number of nitrogens with zero attached hydrogens (tertiary/aromatic N) is 1. The fourth-order valence-electron chi connectivity index (χ4n) is 2.03. The highest BCUT2D eigenvalue weighted by Crippen LogP contribution is 2.23. The second kappa shape index (κ2) is 5.38. The predicted octanol–water partition coefficient (Wildman–Crippen LogP) is 2.67. The summed E-state index contributed by atoms with van der Waals surface area (Å²) in [5.74, 6) is -0.00507. The fraction of sp³-hybridized carbons (Fsp3) is 0.417. The van der Waals surface area contributed by atoms with Crippen LogP contribution in [0.1, 0.15) is 23.2 Å². The van der Waals surface area contributed by atoms with E-state index in [1.165, 1.54) is 0 Å². The van der Waals surface area contributed by atoms with Crippen LogP contribution in [-0.4, -0.2) is 29.9 Å².